The van der Waals surface area contributed by atoms with Gasteiger partial charge in [-0.3, -0.25) is 9.69 Å². The lowest BCUT2D eigenvalue weighted by atomic mass is 10.1. The van der Waals surface area contributed by atoms with Crippen LogP contribution in [0.2, 0.25) is 0 Å². The number of allylic oxidation sites excluding steroid dienone is 3. The second kappa shape index (κ2) is 6.85. The molecule has 0 aromatic rings. The Kier molecular flexibility index (Phi) is 5.73. The van der Waals surface area contributed by atoms with Gasteiger partial charge in [0.15, 0.2) is 0 Å². The Hall–Kier alpha value is -1.16. The molecule has 0 N–H and O–H groups in total. The Bertz CT molecular complexity index is 498. The fraction of sp³-hybridized carbons (Fsp3) is 0.467. The van der Waals surface area contributed by atoms with Crippen LogP contribution < -0.4 is 0 Å². The molecule has 1 rings (SSSR count). The topological polar surface area (TPSA) is 32.7 Å². The van der Waals surface area contributed by atoms with E-state index < -0.39 is 0 Å². The SMILES string of the molecule is C/C=C1/C=C(Br)C(=O)N(CC)C1=NC(C)=C(C)CC. The average Bonchev–Trinajstić information content (AvgIpc) is 2.41. The zero-order valence-corrected chi connectivity index (χ0v) is 13.8. The van der Waals surface area contributed by atoms with Crippen LogP contribution in [0.4, 0.5) is 0 Å². The van der Waals surface area contributed by atoms with E-state index in [0.717, 1.165) is 23.5 Å². The van der Waals surface area contributed by atoms with Gasteiger partial charge in [0.25, 0.3) is 5.91 Å². The van der Waals surface area contributed by atoms with Gasteiger partial charge in [0.2, 0.25) is 0 Å². The van der Waals surface area contributed by atoms with E-state index in [2.05, 4.69) is 34.8 Å². The summed E-state index contributed by atoms with van der Waals surface area (Å²) in [4.78, 5) is 18.5. The second-order valence-electron chi connectivity index (χ2n) is 4.44. The van der Waals surface area contributed by atoms with Gasteiger partial charge in [-0.2, -0.15) is 0 Å². The van der Waals surface area contributed by atoms with E-state index >= 15 is 0 Å². The van der Waals surface area contributed by atoms with Gasteiger partial charge in [-0.25, -0.2) is 4.99 Å². The number of amidine groups is 1. The molecule has 0 unspecified atom stereocenters. The Labute approximate surface area is 123 Å². The van der Waals surface area contributed by atoms with Crippen LogP contribution in [0, 0.1) is 0 Å². The first-order valence-electron chi connectivity index (χ1n) is 6.56. The summed E-state index contributed by atoms with van der Waals surface area (Å²) in [7, 11) is 0. The molecule has 0 aromatic carbocycles. The van der Waals surface area contributed by atoms with Crippen molar-refractivity contribution in [2.45, 2.75) is 41.0 Å². The average molecular weight is 325 g/mol. The summed E-state index contributed by atoms with van der Waals surface area (Å²) in [6.45, 7) is 10.7. The molecular formula is C15H21BrN2O. The Balaban J connectivity index is 3.37. The normalized spacial score (nSPS) is 21.9. The van der Waals surface area contributed by atoms with Gasteiger partial charge in [0, 0.05) is 17.8 Å². The van der Waals surface area contributed by atoms with Crippen molar-refractivity contribution in [2.24, 2.45) is 4.99 Å². The number of carbonyl (C=O) groups excluding carboxylic acids is 1. The molecule has 0 atom stereocenters. The lowest BCUT2D eigenvalue weighted by molar-refractivity contribution is -0.122. The second-order valence-corrected chi connectivity index (χ2v) is 5.29. The molecule has 1 aliphatic rings. The van der Waals surface area contributed by atoms with Crippen LogP contribution in [0.5, 0.6) is 0 Å². The number of halogens is 1. The molecule has 0 radical (unpaired) electrons. The van der Waals surface area contributed by atoms with E-state index in [1.807, 2.05) is 32.9 Å². The van der Waals surface area contributed by atoms with E-state index in [9.17, 15) is 4.79 Å². The monoisotopic (exact) mass is 324 g/mol. The number of hydrogen-bond donors (Lipinski definition) is 0. The maximum atomic E-state index is 12.1. The molecule has 1 aliphatic heterocycles. The van der Waals surface area contributed by atoms with Crippen molar-refractivity contribution >= 4 is 27.7 Å². The summed E-state index contributed by atoms with van der Waals surface area (Å²) in [6, 6.07) is 0. The summed E-state index contributed by atoms with van der Waals surface area (Å²) in [5, 5.41) is 0. The number of aliphatic imine (C=N–C) groups is 1. The van der Waals surface area contributed by atoms with Crippen LogP contribution in [0.1, 0.15) is 41.0 Å². The van der Waals surface area contributed by atoms with Crippen LogP contribution in [-0.2, 0) is 4.79 Å². The molecular weight excluding hydrogens is 304 g/mol. The van der Waals surface area contributed by atoms with E-state index in [0.29, 0.717) is 11.0 Å². The minimum Gasteiger partial charge on any atom is -0.292 e. The fourth-order valence-corrected chi connectivity index (χ4v) is 2.25. The van der Waals surface area contributed by atoms with Crippen molar-refractivity contribution in [3.63, 3.8) is 0 Å². The van der Waals surface area contributed by atoms with Crippen LogP contribution >= 0.6 is 15.9 Å². The third kappa shape index (κ3) is 3.44. The molecule has 104 valence electrons. The quantitative estimate of drug-likeness (QED) is 0.766. The molecule has 19 heavy (non-hydrogen) atoms. The standard InChI is InChI=1S/C15H21BrN2O/c1-6-10(4)11(5)17-14-12(7-2)9-13(16)15(19)18(14)8-3/h7,9H,6,8H2,1-5H3/b11-10?,12-7-,17-14?. The lowest BCUT2D eigenvalue weighted by Crippen LogP contribution is -2.40. The number of amides is 1. The van der Waals surface area contributed by atoms with E-state index in [1.165, 1.54) is 5.57 Å². The smallest absolute Gasteiger partial charge is 0.266 e. The van der Waals surface area contributed by atoms with Gasteiger partial charge >= 0.3 is 0 Å². The summed E-state index contributed by atoms with van der Waals surface area (Å²) in [6.07, 6.45) is 4.78. The van der Waals surface area contributed by atoms with Gasteiger partial charge in [-0.15, -0.1) is 0 Å². The number of carbonyl (C=O) groups is 1. The van der Waals surface area contributed by atoms with Gasteiger partial charge in [-0.1, -0.05) is 18.6 Å². The summed E-state index contributed by atoms with van der Waals surface area (Å²) in [5.41, 5.74) is 3.19. The zero-order chi connectivity index (χ0) is 14.6. The maximum absolute atomic E-state index is 12.1. The highest BCUT2D eigenvalue weighted by Gasteiger charge is 2.27. The van der Waals surface area contributed by atoms with Gasteiger partial charge in [0.1, 0.15) is 5.84 Å². The minimum atomic E-state index is -0.0335. The Morgan fingerprint density at radius 1 is 1.42 bits per heavy atom. The zero-order valence-electron chi connectivity index (χ0n) is 12.2. The molecule has 0 saturated heterocycles. The van der Waals surface area contributed by atoms with Crippen molar-refractivity contribution in [1.82, 2.24) is 4.90 Å². The predicted molar refractivity (Wildman–Crippen MR) is 84.3 cm³/mol. The van der Waals surface area contributed by atoms with Gasteiger partial charge < -0.3 is 0 Å². The molecule has 3 nitrogen and oxygen atoms in total. The predicted octanol–water partition coefficient (Wildman–Crippen LogP) is 4.18. The van der Waals surface area contributed by atoms with Crippen LogP contribution in [0.3, 0.4) is 0 Å². The number of hydrogen-bond acceptors (Lipinski definition) is 2. The third-order valence-corrected chi connectivity index (χ3v) is 3.86. The van der Waals surface area contributed by atoms with Crippen molar-refractivity contribution in [2.75, 3.05) is 6.54 Å². The molecule has 0 aromatic heterocycles. The first-order valence-corrected chi connectivity index (χ1v) is 7.36. The summed E-state index contributed by atoms with van der Waals surface area (Å²) >= 11 is 3.31. The number of rotatable bonds is 3. The molecule has 1 amide bonds. The molecule has 0 bridgehead atoms. The lowest BCUT2D eigenvalue weighted by Gasteiger charge is -2.27. The fourth-order valence-electron chi connectivity index (χ4n) is 1.78. The van der Waals surface area contributed by atoms with Crippen LogP contribution in [-0.4, -0.2) is 23.2 Å². The van der Waals surface area contributed by atoms with Crippen molar-refractivity contribution in [3.8, 4) is 0 Å². The first-order chi connectivity index (χ1) is 8.96. The van der Waals surface area contributed by atoms with Crippen LogP contribution in [0.25, 0.3) is 0 Å². The first kappa shape index (κ1) is 15.9. The molecule has 0 aliphatic carbocycles. The van der Waals surface area contributed by atoms with Crippen molar-refractivity contribution < 1.29 is 4.79 Å². The van der Waals surface area contributed by atoms with Crippen molar-refractivity contribution in [3.05, 3.63) is 33.5 Å². The largest absolute Gasteiger partial charge is 0.292 e. The Morgan fingerprint density at radius 3 is 2.53 bits per heavy atom. The summed E-state index contributed by atoms with van der Waals surface area (Å²) in [5.74, 6) is 0.706. The van der Waals surface area contributed by atoms with E-state index in [-0.39, 0.29) is 5.91 Å². The van der Waals surface area contributed by atoms with Gasteiger partial charge in [-0.05, 0) is 56.1 Å². The number of likely N-dealkylation sites (N-methyl/N-ethyl adjacent to an activating group) is 1. The molecule has 0 spiro atoms. The molecule has 4 heteroatoms. The van der Waals surface area contributed by atoms with Crippen molar-refractivity contribution in [1.29, 1.82) is 0 Å². The highest BCUT2D eigenvalue weighted by atomic mass is 79.9. The third-order valence-electron chi connectivity index (χ3n) is 3.29. The summed E-state index contributed by atoms with van der Waals surface area (Å²) < 4.78 is 0.579. The highest BCUT2D eigenvalue weighted by molar-refractivity contribution is 9.12. The molecule has 0 fully saturated rings. The Morgan fingerprint density at radius 2 is 2.05 bits per heavy atom. The minimum absolute atomic E-state index is 0.0335. The number of nitrogens with zero attached hydrogens (tertiary/aromatic N) is 2. The molecule has 0 saturated carbocycles. The highest BCUT2D eigenvalue weighted by Crippen LogP contribution is 2.24. The van der Waals surface area contributed by atoms with E-state index in [1.54, 1.807) is 4.90 Å². The van der Waals surface area contributed by atoms with Crippen LogP contribution in [0.15, 0.2) is 38.5 Å². The van der Waals surface area contributed by atoms with Gasteiger partial charge in [0.05, 0.1) is 4.48 Å². The molecule has 1 heterocycles. The maximum Gasteiger partial charge on any atom is 0.266 e. The van der Waals surface area contributed by atoms with E-state index in [4.69, 9.17) is 0 Å².